The highest BCUT2D eigenvalue weighted by molar-refractivity contribution is 5.74. The number of hydrogen-bond acceptors (Lipinski definition) is 5. The molecular weight excluding hydrogens is 286 g/mol. The fraction of sp³-hybridized carbons (Fsp3) is 0.467. The van der Waals surface area contributed by atoms with Crippen LogP contribution < -0.4 is 11.0 Å². The lowest BCUT2D eigenvalue weighted by Crippen LogP contribution is -2.28. The molecule has 0 unspecified atom stereocenters. The monoisotopic (exact) mass is 309 g/mol. The lowest BCUT2D eigenvalue weighted by molar-refractivity contribution is -0.129. The van der Waals surface area contributed by atoms with E-state index in [0.717, 1.165) is 12.1 Å². The molecular formula is C15H23N3O4. The van der Waals surface area contributed by atoms with Gasteiger partial charge in [-0.15, -0.1) is 0 Å². The average Bonchev–Trinajstić information content (AvgIpc) is 2.55. The number of benzene rings is 1. The van der Waals surface area contributed by atoms with Gasteiger partial charge in [-0.3, -0.25) is 24.9 Å². The maximum absolute atomic E-state index is 11.0. The van der Waals surface area contributed by atoms with Crippen LogP contribution in [0.1, 0.15) is 31.2 Å². The molecule has 7 nitrogen and oxygen atoms in total. The molecule has 0 atom stereocenters. The van der Waals surface area contributed by atoms with Crippen molar-refractivity contribution in [2.24, 2.45) is 0 Å². The maximum Gasteiger partial charge on any atom is 0.243 e. The van der Waals surface area contributed by atoms with E-state index in [-0.39, 0.29) is 12.8 Å². The minimum absolute atomic E-state index is 0.249. The van der Waals surface area contributed by atoms with Gasteiger partial charge in [0.15, 0.2) is 0 Å². The molecule has 0 heterocycles. The third kappa shape index (κ3) is 7.72. The van der Waals surface area contributed by atoms with E-state index >= 15 is 0 Å². The van der Waals surface area contributed by atoms with Crippen LogP contribution in [0.25, 0.3) is 0 Å². The Hall–Kier alpha value is -1.96. The molecule has 1 aromatic carbocycles. The summed E-state index contributed by atoms with van der Waals surface area (Å²) in [4.78, 5) is 24.2. The van der Waals surface area contributed by atoms with Gasteiger partial charge in [-0.05, 0) is 31.5 Å². The zero-order valence-electron chi connectivity index (χ0n) is 12.5. The highest BCUT2D eigenvalue weighted by Crippen LogP contribution is 2.07. The Balaban J connectivity index is 2.45. The summed E-state index contributed by atoms with van der Waals surface area (Å²) in [5.74, 6) is -0.807. The first kappa shape index (κ1) is 18.1. The first-order valence-corrected chi connectivity index (χ1v) is 7.28. The van der Waals surface area contributed by atoms with Crippen molar-refractivity contribution in [3.05, 3.63) is 35.9 Å². The van der Waals surface area contributed by atoms with Crippen molar-refractivity contribution in [3.63, 3.8) is 0 Å². The van der Waals surface area contributed by atoms with Gasteiger partial charge in [-0.1, -0.05) is 30.3 Å². The second-order valence-corrected chi connectivity index (χ2v) is 5.04. The highest BCUT2D eigenvalue weighted by Gasteiger charge is 2.09. The fourth-order valence-corrected chi connectivity index (χ4v) is 2.15. The molecule has 0 radical (unpaired) electrons. The van der Waals surface area contributed by atoms with E-state index in [9.17, 15) is 9.59 Å². The number of hydrogen-bond donors (Lipinski definition) is 4. The second-order valence-electron chi connectivity index (χ2n) is 5.04. The van der Waals surface area contributed by atoms with E-state index in [1.54, 1.807) is 11.0 Å². The van der Waals surface area contributed by atoms with Gasteiger partial charge >= 0.3 is 0 Å². The molecule has 22 heavy (non-hydrogen) atoms. The first-order chi connectivity index (χ1) is 10.7. The van der Waals surface area contributed by atoms with Crippen molar-refractivity contribution in [1.82, 2.24) is 15.9 Å². The molecule has 0 bridgehead atoms. The molecule has 0 aromatic heterocycles. The van der Waals surface area contributed by atoms with Crippen LogP contribution in [0.5, 0.6) is 0 Å². The summed E-state index contributed by atoms with van der Waals surface area (Å²) in [6.07, 6.45) is 1.73. The summed E-state index contributed by atoms with van der Waals surface area (Å²) in [5.41, 5.74) is 4.39. The van der Waals surface area contributed by atoms with Crippen LogP contribution in [-0.4, -0.2) is 40.2 Å². The lowest BCUT2D eigenvalue weighted by Gasteiger charge is -2.22. The normalized spacial score (nSPS) is 10.5. The zero-order valence-corrected chi connectivity index (χ0v) is 12.5. The number of nitrogens with one attached hydrogen (secondary N) is 2. The number of rotatable bonds is 10. The third-order valence-corrected chi connectivity index (χ3v) is 3.25. The summed E-state index contributed by atoms with van der Waals surface area (Å²) in [7, 11) is 0. The summed E-state index contributed by atoms with van der Waals surface area (Å²) in [6, 6.07) is 9.92. The van der Waals surface area contributed by atoms with Crippen molar-refractivity contribution in [2.75, 3.05) is 13.1 Å². The van der Waals surface area contributed by atoms with Crippen LogP contribution in [0.15, 0.2) is 30.3 Å². The molecule has 2 amide bonds. The molecule has 0 aliphatic rings. The largest absolute Gasteiger partial charge is 0.299 e. The van der Waals surface area contributed by atoms with E-state index in [4.69, 9.17) is 10.4 Å². The van der Waals surface area contributed by atoms with Gasteiger partial charge in [0.05, 0.1) is 0 Å². The van der Waals surface area contributed by atoms with Crippen molar-refractivity contribution < 1.29 is 20.0 Å². The Morgan fingerprint density at radius 3 is 1.86 bits per heavy atom. The van der Waals surface area contributed by atoms with Crippen LogP contribution in [0.2, 0.25) is 0 Å². The number of carbonyl (C=O) groups is 2. The van der Waals surface area contributed by atoms with E-state index in [1.807, 2.05) is 30.3 Å². The van der Waals surface area contributed by atoms with Gasteiger partial charge in [-0.2, -0.15) is 0 Å². The minimum atomic E-state index is -0.403. The van der Waals surface area contributed by atoms with Crippen molar-refractivity contribution in [1.29, 1.82) is 0 Å². The quantitative estimate of drug-likeness (QED) is 0.382. The van der Waals surface area contributed by atoms with Gasteiger partial charge < -0.3 is 0 Å². The van der Waals surface area contributed by atoms with Crippen molar-refractivity contribution in [2.45, 2.75) is 32.2 Å². The van der Waals surface area contributed by atoms with Crippen LogP contribution in [-0.2, 0) is 16.1 Å². The Kier molecular flexibility index (Phi) is 8.82. The topological polar surface area (TPSA) is 102 Å². The van der Waals surface area contributed by atoms with Gasteiger partial charge in [0.1, 0.15) is 0 Å². The molecule has 4 N–H and O–H groups in total. The van der Waals surface area contributed by atoms with Gasteiger partial charge in [0, 0.05) is 19.4 Å². The number of nitrogens with zero attached hydrogens (tertiary/aromatic N) is 1. The fourth-order valence-electron chi connectivity index (χ4n) is 2.15. The van der Waals surface area contributed by atoms with Crippen molar-refractivity contribution in [3.8, 4) is 0 Å². The van der Waals surface area contributed by atoms with Gasteiger partial charge in [-0.25, -0.2) is 11.0 Å². The number of hydroxylamine groups is 2. The van der Waals surface area contributed by atoms with Crippen LogP contribution in [0, 0.1) is 0 Å². The molecule has 0 aliphatic carbocycles. The SMILES string of the molecule is O=C(CCCN(CCCC(=O)NO)Cc1ccccc1)NO. The summed E-state index contributed by atoms with van der Waals surface area (Å²) >= 11 is 0. The Bertz CT molecular complexity index is 431. The van der Waals surface area contributed by atoms with E-state index in [0.29, 0.717) is 25.9 Å². The minimum Gasteiger partial charge on any atom is -0.299 e. The molecule has 122 valence electrons. The molecule has 7 heteroatoms. The predicted octanol–water partition coefficient (Wildman–Crippen LogP) is 1.06. The van der Waals surface area contributed by atoms with Crippen LogP contribution in [0.4, 0.5) is 0 Å². The van der Waals surface area contributed by atoms with E-state index in [1.165, 1.54) is 0 Å². The molecule has 0 aliphatic heterocycles. The number of carbonyl (C=O) groups excluding carboxylic acids is 2. The summed E-state index contributed by atoms with van der Waals surface area (Å²) in [5, 5.41) is 17.0. The van der Waals surface area contributed by atoms with E-state index < -0.39 is 11.8 Å². The average molecular weight is 309 g/mol. The molecule has 0 fully saturated rings. The highest BCUT2D eigenvalue weighted by atomic mass is 16.5. The van der Waals surface area contributed by atoms with Crippen molar-refractivity contribution >= 4 is 11.8 Å². The zero-order chi connectivity index (χ0) is 16.2. The van der Waals surface area contributed by atoms with E-state index in [2.05, 4.69) is 4.90 Å². The van der Waals surface area contributed by atoms with Gasteiger partial charge in [0.25, 0.3) is 0 Å². The standard InChI is InChI=1S/C15H23N3O4/c19-14(16-21)8-4-10-18(11-5-9-15(20)17-22)12-13-6-2-1-3-7-13/h1-3,6-7,21-22H,4-5,8-12H2,(H,16,19)(H,17,20). The predicted molar refractivity (Wildman–Crippen MR) is 80.0 cm³/mol. The Morgan fingerprint density at radius 1 is 0.909 bits per heavy atom. The maximum atomic E-state index is 11.0. The van der Waals surface area contributed by atoms with Crippen LogP contribution >= 0.6 is 0 Å². The summed E-state index contributed by atoms with van der Waals surface area (Å²) in [6.45, 7) is 2.09. The third-order valence-electron chi connectivity index (χ3n) is 3.25. The molecule has 0 spiro atoms. The second kappa shape index (κ2) is 10.7. The number of amides is 2. The first-order valence-electron chi connectivity index (χ1n) is 7.28. The lowest BCUT2D eigenvalue weighted by atomic mass is 10.2. The van der Waals surface area contributed by atoms with Crippen LogP contribution in [0.3, 0.4) is 0 Å². The smallest absolute Gasteiger partial charge is 0.243 e. The molecule has 0 saturated carbocycles. The summed E-state index contributed by atoms with van der Waals surface area (Å²) < 4.78 is 0. The molecule has 1 aromatic rings. The van der Waals surface area contributed by atoms with Gasteiger partial charge in [0.2, 0.25) is 11.8 Å². The molecule has 0 saturated heterocycles. The Labute approximate surface area is 129 Å². The molecule has 1 rings (SSSR count). The Morgan fingerprint density at radius 2 is 1.41 bits per heavy atom.